The molecule has 0 radical (unpaired) electrons. The Morgan fingerprint density at radius 3 is 2.36 bits per heavy atom. The molecule has 0 aromatic heterocycles. The molecule has 4 N–H and O–H groups in total. The smallest absolute Gasteiger partial charge is 0.326 e. The summed E-state index contributed by atoms with van der Waals surface area (Å²) in [4.78, 5) is 53.0. The number of aliphatic carboxylic acids is 1. The summed E-state index contributed by atoms with van der Waals surface area (Å²) in [7, 11) is 0. The summed E-state index contributed by atoms with van der Waals surface area (Å²) in [6.45, 7) is 10.7. The third-order valence-corrected chi connectivity index (χ3v) is 7.28. The van der Waals surface area contributed by atoms with Crippen LogP contribution >= 0.6 is 17.0 Å². The maximum Gasteiger partial charge on any atom is 0.326 e. The molecule has 0 spiro atoms. The van der Waals surface area contributed by atoms with Gasteiger partial charge in [0.05, 0.1) is 37.4 Å². The van der Waals surface area contributed by atoms with Crippen LogP contribution in [0.25, 0.3) is 0 Å². The summed E-state index contributed by atoms with van der Waals surface area (Å²) in [6.07, 6.45) is -2.20. The van der Waals surface area contributed by atoms with Gasteiger partial charge in [-0.05, 0) is 49.4 Å². The van der Waals surface area contributed by atoms with Crippen molar-refractivity contribution in [2.45, 2.75) is 66.0 Å². The van der Waals surface area contributed by atoms with Gasteiger partial charge in [-0.2, -0.15) is 0 Å². The quantitative estimate of drug-likeness (QED) is 0.323. The number of ether oxygens (including phenoxy) is 3. The molecule has 0 fully saturated rings. The molecule has 0 aliphatic carbocycles. The van der Waals surface area contributed by atoms with E-state index in [1.807, 2.05) is 20.8 Å². The van der Waals surface area contributed by atoms with Crippen LogP contribution in [0.2, 0.25) is 0 Å². The number of carbonyl (C=O) groups excluding carboxylic acids is 3. The van der Waals surface area contributed by atoms with Crippen LogP contribution in [0.15, 0.2) is 12.1 Å². The predicted octanol–water partition coefficient (Wildman–Crippen LogP) is 4.48. The molecular formula is C30H36BrFN4O8. The number of amidine groups is 1. The lowest BCUT2D eigenvalue weighted by Gasteiger charge is -2.37. The number of halogens is 2. The molecule has 0 bridgehead atoms. The topological polar surface area (TPSA) is 173 Å². The first-order valence-electron chi connectivity index (χ1n) is 13.8. The summed E-state index contributed by atoms with van der Waals surface area (Å²) in [5.41, 5.74) is 6.13. The van der Waals surface area contributed by atoms with Crippen molar-refractivity contribution in [3.63, 3.8) is 0 Å². The van der Waals surface area contributed by atoms with Crippen LogP contribution in [0.4, 0.5) is 14.9 Å². The number of nitrogens with two attached hydrogens (primary N) is 1. The van der Waals surface area contributed by atoms with Gasteiger partial charge < -0.3 is 30.0 Å². The first-order valence-corrected chi connectivity index (χ1v) is 13.8. The van der Waals surface area contributed by atoms with E-state index in [1.165, 1.54) is 11.8 Å². The van der Waals surface area contributed by atoms with Crippen molar-refractivity contribution in [2.24, 2.45) is 5.73 Å². The molecule has 2 heterocycles. The Morgan fingerprint density at radius 2 is 1.82 bits per heavy atom. The Labute approximate surface area is 264 Å². The standard InChI is InChI=1S/C30H35FN4O8.BrH/c1-7-41-19-9-15-12-34(27(32)22(15)23(31)26(19)42-8-2)13-18(36)16-10-17(30(4,5)6)25-24(14(16)3)35(29(33)40)28(39)20(43-25)11-21(37)38;/h9-10,20,32H,7-8,11-13H2,1-6H3,(H2,33,40)(H,37,38);1H. The zero-order valence-corrected chi connectivity index (χ0v) is 27.0. The van der Waals surface area contributed by atoms with Crippen molar-refractivity contribution in [2.75, 3.05) is 24.7 Å². The Morgan fingerprint density at radius 1 is 1.18 bits per heavy atom. The number of fused-ring (bicyclic) bond motifs is 2. The van der Waals surface area contributed by atoms with Crippen molar-refractivity contribution in [3.8, 4) is 17.2 Å². The van der Waals surface area contributed by atoms with E-state index in [0.717, 1.165) is 0 Å². The minimum atomic E-state index is -1.50. The summed E-state index contributed by atoms with van der Waals surface area (Å²) in [6, 6.07) is 2.03. The van der Waals surface area contributed by atoms with E-state index in [-0.39, 0.29) is 88.7 Å². The molecule has 2 aromatic carbocycles. The van der Waals surface area contributed by atoms with E-state index in [1.54, 1.807) is 26.0 Å². The number of hydrogen-bond acceptors (Lipinski definition) is 8. The number of primary amides is 1. The number of carboxylic acid groups (broad SMARTS) is 1. The van der Waals surface area contributed by atoms with Gasteiger partial charge in [0.15, 0.2) is 29.2 Å². The molecule has 3 amide bonds. The number of hydrogen-bond donors (Lipinski definition) is 3. The van der Waals surface area contributed by atoms with E-state index < -0.39 is 47.4 Å². The monoisotopic (exact) mass is 678 g/mol. The summed E-state index contributed by atoms with van der Waals surface area (Å²) in [5.74, 6) is -3.49. The summed E-state index contributed by atoms with van der Waals surface area (Å²) >= 11 is 0. The lowest BCUT2D eigenvalue weighted by molar-refractivity contribution is -0.142. The molecule has 0 saturated heterocycles. The third-order valence-electron chi connectivity index (χ3n) is 7.28. The maximum absolute atomic E-state index is 15.5. The van der Waals surface area contributed by atoms with Gasteiger partial charge in [-0.1, -0.05) is 20.8 Å². The zero-order chi connectivity index (χ0) is 32.0. The Balaban J connectivity index is 0.00000529. The number of rotatable bonds is 9. The molecule has 12 nitrogen and oxygen atoms in total. The van der Waals surface area contributed by atoms with Crippen molar-refractivity contribution in [1.29, 1.82) is 5.41 Å². The summed E-state index contributed by atoms with van der Waals surface area (Å²) < 4.78 is 32.4. The van der Waals surface area contributed by atoms with Gasteiger partial charge in [0, 0.05) is 17.7 Å². The van der Waals surface area contributed by atoms with E-state index in [2.05, 4.69) is 0 Å². The highest BCUT2D eigenvalue weighted by Gasteiger charge is 2.43. The normalized spacial score (nSPS) is 15.7. The molecule has 14 heteroatoms. The number of Topliss-reactive ketones (excluding diaryl/α,β-unsaturated/α-hetero) is 1. The molecule has 0 saturated carbocycles. The highest BCUT2D eigenvalue weighted by atomic mass is 79.9. The maximum atomic E-state index is 15.5. The number of ketones is 1. The van der Waals surface area contributed by atoms with Crippen molar-refractivity contribution in [3.05, 3.63) is 45.8 Å². The van der Waals surface area contributed by atoms with Gasteiger partial charge >= 0.3 is 12.0 Å². The molecule has 1 atom stereocenters. The number of anilines is 1. The largest absolute Gasteiger partial charge is 0.490 e. The zero-order valence-electron chi connectivity index (χ0n) is 25.3. The van der Waals surface area contributed by atoms with Crippen LogP contribution < -0.4 is 24.8 Å². The van der Waals surface area contributed by atoms with Gasteiger partial charge in [-0.15, -0.1) is 17.0 Å². The average Bonchev–Trinajstić information content (AvgIpc) is 3.20. The second-order valence-corrected chi connectivity index (χ2v) is 11.3. The Hall–Kier alpha value is -4.20. The van der Waals surface area contributed by atoms with Crippen molar-refractivity contribution >= 4 is 52.2 Å². The minimum Gasteiger partial charge on any atom is -0.490 e. The highest BCUT2D eigenvalue weighted by Crippen LogP contribution is 2.46. The fourth-order valence-corrected chi connectivity index (χ4v) is 5.35. The van der Waals surface area contributed by atoms with Crippen molar-refractivity contribution in [1.82, 2.24) is 4.90 Å². The lowest BCUT2D eigenvalue weighted by Crippen LogP contribution is -2.52. The van der Waals surface area contributed by atoms with Gasteiger partial charge in [0.25, 0.3) is 5.91 Å². The van der Waals surface area contributed by atoms with Crippen LogP contribution in [-0.2, 0) is 21.5 Å². The fraction of sp³-hybridized carbons (Fsp3) is 0.433. The molecule has 2 aromatic rings. The average molecular weight is 680 g/mol. The number of amides is 3. The van der Waals surface area contributed by atoms with Gasteiger partial charge in [0.2, 0.25) is 0 Å². The lowest BCUT2D eigenvalue weighted by atomic mass is 9.82. The van der Waals surface area contributed by atoms with Crippen LogP contribution in [0, 0.1) is 18.2 Å². The molecule has 238 valence electrons. The first kappa shape index (κ1) is 34.3. The first-order chi connectivity index (χ1) is 20.1. The van der Waals surface area contributed by atoms with Gasteiger partial charge in [-0.25, -0.2) is 14.1 Å². The predicted molar refractivity (Wildman–Crippen MR) is 164 cm³/mol. The van der Waals surface area contributed by atoms with Crippen molar-refractivity contribution < 1.29 is 42.9 Å². The highest BCUT2D eigenvalue weighted by molar-refractivity contribution is 8.93. The van der Waals surface area contributed by atoms with E-state index in [4.69, 9.17) is 25.4 Å². The molecule has 1 unspecified atom stereocenters. The van der Waals surface area contributed by atoms with Crippen LogP contribution in [0.5, 0.6) is 17.2 Å². The number of benzene rings is 2. The number of nitrogens with zero attached hydrogens (tertiary/aromatic N) is 2. The van der Waals surface area contributed by atoms with Crippen LogP contribution in [0.1, 0.15) is 73.7 Å². The number of imide groups is 1. The Kier molecular flexibility index (Phi) is 9.98. The third kappa shape index (κ3) is 6.07. The SMILES string of the molecule is Br.CCOc1cc2c(c(F)c1OCC)C(=N)N(CC(=O)c1cc(C(C)(C)C)c3c(c1C)N(C(N)=O)C(=O)C(CC(=O)O)O3)C2. The number of nitrogens with one attached hydrogen (secondary N) is 1. The van der Waals surface area contributed by atoms with E-state index in [0.29, 0.717) is 16.0 Å². The van der Waals surface area contributed by atoms with Gasteiger partial charge in [-0.3, -0.25) is 19.8 Å². The van der Waals surface area contributed by atoms with E-state index in [9.17, 15) is 24.3 Å². The molecule has 2 aliphatic rings. The number of carboxylic acids is 1. The fourth-order valence-electron chi connectivity index (χ4n) is 5.35. The second kappa shape index (κ2) is 12.8. The van der Waals surface area contributed by atoms with Gasteiger partial charge in [0.1, 0.15) is 11.6 Å². The minimum absolute atomic E-state index is 0. The molecular weight excluding hydrogens is 643 g/mol. The Bertz CT molecular complexity index is 1550. The van der Waals surface area contributed by atoms with Crippen LogP contribution in [-0.4, -0.2) is 65.4 Å². The molecule has 44 heavy (non-hydrogen) atoms. The van der Waals surface area contributed by atoms with Crippen LogP contribution in [0.3, 0.4) is 0 Å². The molecule has 4 rings (SSSR count). The number of urea groups is 1. The molecule has 2 aliphatic heterocycles. The summed E-state index contributed by atoms with van der Waals surface area (Å²) in [5, 5.41) is 18.0. The second-order valence-electron chi connectivity index (χ2n) is 11.3. The number of carbonyl (C=O) groups is 4. The van der Waals surface area contributed by atoms with E-state index >= 15 is 4.39 Å².